The minimum Gasteiger partial charge on any atom is -0.326 e. The molecule has 0 aromatic heterocycles. The second-order valence-corrected chi connectivity index (χ2v) is 7.46. The predicted molar refractivity (Wildman–Crippen MR) is 89.5 cm³/mol. The normalized spacial score (nSPS) is 11.1. The molecule has 2 rings (SSSR count). The fourth-order valence-corrected chi connectivity index (χ4v) is 3.28. The van der Waals surface area contributed by atoms with Crippen molar-refractivity contribution in [1.29, 1.82) is 0 Å². The van der Waals surface area contributed by atoms with Crippen LogP contribution in [0.4, 0.5) is 15.8 Å². The summed E-state index contributed by atoms with van der Waals surface area (Å²) in [6.07, 6.45) is -0.332. The molecule has 132 valence electrons. The van der Waals surface area contributed by atoms with E-state index >= 15 is 0 Å². The van der Waals surface area contributed by atoms with E-state index in [2.05, 4.69) is 5.32 Å². The molecular weight excluding hydrogens is 351 g/mol. The van der Waals surface area contributed by atoms with Crippen LogP contribution in [0, 0.1) is 22.9 Å². The van der Waals surface area contributed by atoms with Gasteiger partial charge >= 0.3 is 5.69 Å². The Labute approximate surface area is 143 Å². The van der Waals surface area contributed by atoms with E-state index in [9.17, 15) is 27.7 Å². The minimum atomic E-state index is -3.62. The zero-order valence-electron chi connectivity index (χ0n) is 13.2. The van der Waals surface area contributed by atoms with Gasteiger partial charge in [-0.3, -0.25) is 14.9 Å². The molecule has 1 amide bonds. The lowest BCUT2D eigenvalue weighted by atomic mass is 10.2. The molecule has 1 N–H and O–H groups in total. The van der Waals surface area contributed by atoms with Crippen LogP contribution in [0.3, 0.4) is 0 Å². The molecule has 0 saturated heterocycles. The van der Waals surface area contributed by atoms with E-state index in [-0.39, 0.29) is 17.0 Å². The Balaban J connectivity index is 2.02. The second kappa shape index (κ2) is 7.39. The van der Waals surface area contributed by atoms with Crippen molar-refractivity contribution in [3.8, 4) is 0 Å². The highest BCUT2D eigenvalue weighted by Gasteiger charge is 2.18. The largest absolute Gasteiger partial charge is 0.326 e. The van der Waals surface area contributed by atoms with Crippen molar-refractivity contribution in [3.63, 3.8) is 0 Å². The van der Waals surface area contributed by atoms with Gasteiger partial charge < -0.3 is 5.32 Å². The van der Waals surface area contributed by atoms with Crippen LogP contribution >= 0.6 is 0 Å². The van der Waals surface area contributed by atoms with E-state index in [1.165, 1.54) is 12.1 Å². The monoisotopic (exact) mass is 366 g/mol. The number of hydrogen-bond acceptors (Lipinski definition) is 5. The number of rotatable bonds is 6. The second-order valence-electron chi connectivity index (χ2n) is 5.35. The number of nitrogens with one attached hydrogen (secondary N) is 1. The molecule has 0 heterocycles. The molecule has 0 atom stereocenters. The van der Waals surface area contributed by atoms with Crippen LogP contribution in [0.1, 0.15) is 12.0 Å². The summed E-state index contributed by atoms with van der Waals surface area (Å²) in [6, 6.07) is 9.14. The minimum absolute atomic E-state index is 0.0193. The lowest BCUT2D eigenvalue weighted by Gasteiger charge is -2.07. The van der Waals surface area contributed by atoms with Gasteiger partial charge in [-0.05, 0) is 31.2 Å². The van der Waals surface area contributed by atoms with E-state index in [4.69, 9.17) is 0 Å². The third kappa shape index (κ3) is 4.83. The molecule has 0 aliphatic carbocycles. The summed E-state index contributed by atoms with van der Waals surface area (Å²) in [5.41, 5.74) is 0.158. The number of nitro groups is 1. The summed E-state index contributed by atoms with van der Waals surface area (Å²) in [5.74, 6) is -2.08. The van der Waals surface area contributed by atoms with Gasteiger partial charge in [0.1, 0.15) is 0 Å². The van der Waals surface area contributed by atoms with Gasteiger partial charge in [-0.2, -0.15) is 4.39 Å². The summed E-state index contributed by atoms with van der Waals surface area (Å²) < 4.78 is 37.6. The van der Waals surface area contributed by atoms with Gasteiger partial charge in [-0.15, -0.1) is 0 Å². The summed E-state index contributed by atoms with van der Waals surface area (Å²) in [4.78, 5) is 21.7. The first-order valence-corrected chi connectivity index (χ1v) is 8.87. The number of benzene rings is 2. The maximum atomic E-state index is 13.2. The van der Waals surface area contributed by atoms with Gasteiger partial charge in [0.05, 0.1) is 15.6 Å². The number of carbonyl (C=O) groups excluding carboxylic acids is 1. The van der Waals surface area contributed by atoms with Crippen LogP contribution in [0.15, 0.2) is 47.4 Å². The summed E-state index contributed by atoms with van der Waals surface area (Å²) in [5, 5.41) is 13.0. The molecule has 0 saturated carbocycles. The highest BCUT2D eigenvalue weighted by Crippen LogP contribution is 2.22. The van der Waals surface area contributed by atoms with Crippen molar-refractivity contribution in [2.45, 2.75) is 18.2 Å². The van der Waals surface area contributed by atoms with Crippen molar-refractivity contribution in [2.24, 2.45) is 0 Å². The van der Waals surface area contributed by atoms with Crippen LogP contribution < -0.4 is 5.32 Å². The lowest BCUT2D eigenvalue weighted by molar-refractivity contribution is -0.387. The Hall–Kier alpha value is -2.81. The Morgan fingerprint density at radius 1 is 1.20 bits per heavy atom. The van der Waals surface area contributed by atoms with E-state index in [0.717, 1.165) is 23.8 Å². The quantitative estimate of drug-likeness (QED) is 0.625. The molecule has 0 unspecified atom stereocenters. The van der Waals surface area contributed by atoms with Gasteiger partial charge in [-0.25, -0.2) is 8.42 Å². The standard InChI is InChI=1S/C16H15FN2O5S/c1-11-2-5-13(6-3-11)25(23,24)9-8-16(20)18-12-4-7-14(17)15(10-12)19(21)22/h2-7,10H,8-9H2,1H3,(H,18,20). The molecule has 0 aliphatic heterocycles. The molecule has 0 spiro atoms. The number of nitrogens with zero attached hydrogens (tertiary/aromatic N) is 1. The average Bonchev–Trinajstić information content (AvgIpc) is 2.55. The van der Waals surface area contributed by atoms with Gasteiger partial charge in [0, 0.05) is 18.2 Å². The first-order chi connectivity index (χ1) is 11.7. The van der Waals surface area contributed by atoms with E-state index in [1.54, 1.807) is 12.1 Å². The Morgan fingerprint density at radius 2 is 1.84 bits per heavy atom. The highest BCUT2D eigenvalue weighted by molar-refractivity contribution is 7.91. The van der Waals surface area contributed by atoms with Gasteiger partial charge in [0.25, 0.3) is 0 Å². The first-order valence-electron chi connectivity index (χ1n) is 7.22. The smallest absolute Gasteiger partial charge is 0.306 e. The molecule has 2 aromatic rings. The number of hydrogen-bond donors (Lipinski definition) is 1. The Kier molecular flexibility index (Phi) is 5.48. The zero-order chi connectivity index (χ0) is 18.6. The van der Waals surface area contributed by atoms with E-state index < -0.39 is 37.9 Å². The number of anilines is 1. The number of halogens is 1. The number of aryl methyl sites for hydroxylation is 1. The van der Waals surface area contributed by atoms with Crippen LogP contribution in [-0.4, -0.2) is 25.0 Å². The summed E-state index contributed by atoms with van der Waals surface area (Å²) >= 11 is 0. The molecule has 2 aromatic carbocycles. The summed E-state index contributed by atoms with van der Waals surface area (Å²) in [6.45, 7) is 1.83. The van der Waals surface area contributed by atoms with Gasteiger partial charge in [0.2, 0.25) is 11.7 Å². The molecule has 0 radical (unpaired) electrons. The van der Waals surface area contributed by atoms with Crippen LogP contribution in [-0.2, 0) is 14.6 Å². The number of amides is 1. The zero-order valence-corrected chi connectivity index (χ0v) is 14.0. The molecule has 0 fully saturated rings. The molecule has 0 bridgehead atoms. The maximum Gasteiger partial charge on any atom is 0.306 e. The predicted octanol–water partition coefficient (Wildman–Crippen LogP) is 2.84. The average molecular weight is 366 g/mol. The first kappa shape index (κ1) is 18.5. The Morgan fingerprint density at radius 3 is 2.44 bits per heavy atom. The summed E-state index contributed by atoms with van der Waals surface area (Å²) in [7, 11) is -3.62. The SMILES string of the molecule is Cc1ccc(S(=O)(=O)CCC(=O)Nc2ccc(F)c([N+](=O)[O-])c2)cc1. The fraction of sp³-hybridized carbons (Fsp3) is 0.188. The Bertz CT molecular complexity index is 911. The number of sulfone groups is 1. The number of nitro benzene ring substituents is 1. The maximum absolute atomic E-state index is 13.2. The molecule has 7 nitrogen and oxygen atoms in total. The van der Waals surface area contributed by atoms with E-state index in [0.29, 0.717) is 0 Å². The van der Waals surface area contributed by atoms with Crippen molar-refractivity contribution < 1.29 is 22.5 Å². The van der Waals surface area contributed by atoms with Gasteiger partial charge in [-0.1, -0.05) is 17.7 Å². The number of carbonyl (C=O) groups is 1. The fourth-order valence-electron chi connectivity index (χ4n) is 2.04. The third-order valence-electron chi connectivity index (χ3n) is 3.40. The van der Waals surface area contributed by atoms with E-state index in [1.807, 2.05) is 6.92 Å². The van der Waals surface area contributed by atoms with Gasteiger partial charge in [0.15, 0.2) is 9.84 Å². The topological polar surface area (TPSA) is 106 Å². The molecule has 0 aliphatic rings. The highest BCUT2D eigenvalue weighted by atomic mass is 32.2. The lowest BCUT2D eigenvalue weighted by Crippen LogP contribution is -2.17. The molecular formula is C16H15FN2O5S. The van der Waals surface area contributed by atoms with Crippen LogP contribution in [0.25, 0.3) is 0 Å². The van der Waals surface area contributed by atoms with Crippen molar-refractivity contribution in [3.05, 3.63) is 64.0 Å². The third-order valence-corrected chi connectivity index (χ3v) is 5.14. The van der Waals surface area contributed by atoms with Crippen molar-refractivity contribution >= 4 is 27.1 Å². The molecule has 25 heavy (non-hydrogen) atoms. The molecule has 9 heteroatoms. The van der Waals surface area contributed by atoms with Crippen LogP contribution in [0.2, 0.25) is 0 Å². The van der Waals surface area contributed by atoms with Crippen molar-refractivity contribution in [2.75, 3.05) is 11.1 Å². The van der Waals surface area contributed by atoms with Crippen LogP contribution in [0.5, 0.6) is 0 Å². The van der Waals surface area contributed by atoms with Crippen molar-refractivity contribution in [1.82, 2.24) is 0 Å².